The van der Waals surface area contributed by atoms with Crippen LogP contribution in [0.4, 0.5) is 0 Å². The minimum atomic E-state index is -0.373. The van der Waals surface area contributed by atoms with Crippen molar-refractivity contribution in [2.45, 2.75) is 31.0 Å². The number of ether oxygens (including phenoxy) is 1. The average molecular weight is 307 g/mol. The first-order valence-electron chi connectivity index (χ1n) is 7.62. The zero-order valence-corrected chi connectivity index (χ0v) is 12.3. The van der Waals surface area contributed by atoms with Crippen LogP contribution in [0.25, 0.3) is 0 Å². The van der Waals surface area contributed by atoms with Crippen LogP contribution < -0.4 is 10.9 Å². The summed E-state index contributed by atoms with van der Waals surface area (Å²) in [7, 11) is 0. The van der Waals surface area contributed by atoms with E-state index in [1.807, 2.05) is 0 Å². The topological polar surface area (TPSA) is 94.7 Å². The van der Waals surface area contributed by atoms with E-state index in [1.54, 1.807) is 6.07 Å². The number of nitrogens with zero attached hydrogens (tertiary/aromatic N) is 1. The van der Waals surface area contributed by atoms with Gasteiger partial charge in [0.25, 0.3) is 11.5 Å². The van der Waals surface area contributed by atoms with Gasteiger partial charge in [0.15, 0.2) is 0 Å². The number of amides is 1. The predicted molar refractivity (Wildman–Crippen MR) is 79.7 cm³/mol. The number of hydrogen-bond donors (Lipinski definition) is 3. The van der Waals surface area contributed by atoms with Crippen molar-refractivity contribution in [2.75, 3.05) is 26.3 Å². The van der Waals surface area contributed by atoms with Crippen molar-refractivity contribution in [3.8, 4) is 0 Å². The van der Waals surface area contributed by atoms with Crippen molar-refractivity contribution in [1.29, 1.82) is 0 Å². The molecule has 2 aliphatic heterocycles. The number of nitrogens with one attached hydrogen (secondary N) is 2. The molecule has 0 saturated carbocycles. The predicted octanol–water partition coefficient (Wildman–Crippen LogP) is -0.671. The van der Waals surface area contributed by atoms with Crippen LogP contribution in [0.5, 0.6) is 0 Å². The Balaban J connectivity index is 1.58. The van der Waals surface area contributed by atoms with Gasteiger partial charge in [0.1, 0.15) is 5.56 Å². The zero-order valence-electron chi connectivity index (χ0n) is 12.3. The number of hydrogen-bond acceptors (Lipinski definition) is 5. The Morgan fingerprint density at radius 3 is 3.14 bits per heavy atom. The van der Waals surface area contributed by atoms with Gasteiger partial charge in [0.05, 0.1) is 12.7 Å². The molecule has 2 saturated heterocycles. The zero-order chi connectivity index (χ0) is 15.5. The largest absolute Gasteiger partial charge is 0.396 e. The van der Waals surface area contributed by atoms with Crippen LogP contribution in [0.3, 0.4) is 0 Å². The number of pyridine rings is 1. The average Bonchev–Trinajstić information content (AvgIpc) is 2.89. The smallest absolute Gasteiger partial charge is 0.260 e. The van der Waals surface area contributed by atoms with E-state index in [0.29, 0.717) is 19.1 Å². The molecule has 0 aliphatic carbocycles. The van der Waals surface area contributed by atoms with Gasteiger partial charge >= 0.3 is 0 Å². The molecule has 0 spiro atoms. The van der Waals surface area contributed by atoms with Crippen molar-refractivity contribution in [2.24, 2.45) is 0 Å². The first-order chi connectivity index (χ1) is 10.7. The summed E-state index contributed by atoms with van der Waals surface area (Å²) in [5, 5.41) is 11.9. The number of carbonyl (C=O) groups excluding carboxylic acids is 1. The van der Waals surface area contributed by atoms with E-state index in [-0.39, 0.29) is 35.8 Å². The molecule has 22 heavy (non-hydrogen) atoms. The Kier molecular flexibility index (Phi) is 4.56. The van der Waals surface area contributed by atoms with Crippen LogP contribution in [-0.4, -0.2) is 65.4 Å². The van der Waals surface area contributed by atoms with E-state index in [9.17, 15) is 9.59 Å². The number of H-pyrrole nitrogens is 1. The molecule has 0 radical (unpaired) electrons. The molecule has 0 unspecified atom stereocenters. The molecular weight excluding hydrogens is 286 g/mol. The number of aliphatic hydroxyl groups excluding tert-OH is 1. The highest BCUT2D eigenvalue weighted by molar-refractivity contribution is 5.93. The molecule has 0 aromatic carbocycles. The molecule has 120 valence electrons. The maximum absolute atomic E-state index is 12.2. The summed E-state index contributed by atoms with van der Waals surface area (Å²) < 4.78 is 5.72. The molecule has 3 rings (SSSR count). The summed E-state index contributed by atoms with van der Waals surface area (Å²) >= 11 is 0. The molecular formula is C15H21N3O4. The molecule has 1 amide bonds. The molecule has 7 nitrogen and oxygen atoms in total. The van der Waals surface area contributed by atoms with Crippen LogP contribution in [0, 0.1) is 0 Å². The van der Waals surface area contributed by atoms with E-state index in [2.05, 4.69) is 15.2 Å². The van der Waals surface area contributed by atoms with Crippen molar-refractivity contribution in [3.05, 3.63) is 34.2 Å². The lowest BCUT2D eigenvalue weighted by molar-refractivity contribution is -0.0566. The highest BCUT2D eigenvalue weighted by Gasteiger charge is 2.37. The number of aromatic amines is 1. The van der Waals surface area contributed by atoms with Gasteiger partial charge in [-0.3, -0.25) is 14.5 Å². The van der Waals surface area contributed by atoms with Crippen LogP contribution in [0.15, 0.2) is 23.1 Å². The fourth-order valence-electron chi connectivity index (χ4n) is 3.23. The van der Waals surface area contributed by atoms with Gasteiger partial charge in [0, 0.05) is 38.0 Å². The normalized spacial score (nSPS) is 28.3. The summed E-state index contributed by atoms with van der Waals surface area (Å²) in [6.07, 6.45) is 3.03. The summed E-state index contributed by atoms with van der Waals surface area (Å²) in [6.45, 7) is 2.29. The quantitative estimate of drug-likeness (QED) is 0.686. The summed E-state index contributed by atoms with van der Waals surface area (Å²) in [5.41, 5.74) is -0.233. The molecule has 2 aliphatic rings. The fourth-order valence-corrected chi connectivity index (χ4v) is 3.23. The second-order valence-corrected chi connectivity index (χ2v) is 5.89. The molecule has 0 bridgehead atoms. The molecule has 2 fully saturated rings. The van der Waals surface area contributed by atoms with Gasteiger partial charge in [-0.2, -0.15) is 0 Å². The van der Waals surface area contributed by atoms with E-state index in [1.165, 1.54) is 12.3 Å². The van der Waals surface area contributed by atoms with Gasteiger partial charge in [-0.1, -0.05) is 0 Å². The Bertz CT molecular complexity index is 588. The van der Waals surface area contributed by atoms with Crippen molar-refractivity contribution in [3.63, 3.8) is 0 Å². The van der Waals surface area contributed by atoms with Crippen LogP contribution in [0.1, 0.15) is 23.2 Å². The highest BCUT2D eigenvalue weighted by atomic mass is 16.5. The number of fused-ring (bicyclic) bond motifs is 1. The number of morpholine rings is 1. The lowest BCUT2D eigenvalue weighted by Crippen LogP contribution is -2.46. The number of carbonyl (C=O) groups is 1. The van der Waals surface area contributed by atoms with Crippen LogP contribution in [0.2, 0.25) is 0 Å². The van der Waals surface area contributed by atoms with Crippen molar-refractivity contribution in [1.82, 2.24) is 15.2 Å². The van der Waals surface area contributed by atoms with Crippen molar-refractivity contribution < 1.29 is 14.6 Å². The Labute approximate surface area is 128 Å². The second kappa shape index (κ2) is 6.60. The minimum Gasteiger partial charge on any atom is -0.396 e. The number of rotatable bonds is 4. The third-order valence-electron chi connectivity index (χ3n) is 4.34. The Hall–Kier alpha value is -1.70. The Morgan fingerprint density at radius 2 is 2.36 bits per heavy atom. The van der Waals surface area contributed by atoms with E-state index in [0.717, 1.165) is 19.5 Å². The summed E-state index contributed by atoms with van der Waals surface area (Å²) in [6, 6.07) is 3.49. The lowest BCUT2D eigenvalue weighted by Gasteiger charge is -2.34. The summed E-state index contributed by atoms with van der Waals surface area (Å²) in [4.78, 5) is 28.6. The fraction of sp³-hybridized carbons (Fsp3) is 0.600. The lowest BCUT2D eigenvalue weighted by atomic mass is 10.1. The molecule has 3 N–H and O–H groups in total. The van der Waals surface area contributed by atoms with Gasteiger partial charge < -0.3 is 20.1 Å². The number of aliphatic hydroxyl groups is 1. The highest BCUT2D eigenvalue weighted by Crippen LogP contribution is 2.24. The van der Waals surface area contributed by atoms with Crippen LogP contribution in [-0.2, 0) is 4.74 Å². The first kappa shape index (κ1) is 15.2. The van der Waals surface area contributed by atoms with Gasteiger partial charge in [0.2, 0.25) is 0 Å². The van der Waals surface area contributed by atoms with Gasteiger partial charge in [-0.15, -0.1) is 0 Å². The van der Waals surface area contributed by atoms with E-state index < -0.39 is 0 Å². The standard InChI is InChI=1S/C15H21N3O4/c19-5-3-12-8-18-7-10(6-11(18)9-22-12)17-15(21)13-2-1-4-16-14(13)20/h1-2,4,10-12,19H,3,5-9H2,(H,16,20)(H,17,21)/t10-,11+,12+/m1/s1. The number of aromatic nitrogens is 1. The van der Waals surface area contributed by atoms with E-state index in [4.69, 9.17) is 9.84 Å². The Morgan fingerprint density at radius 1 is 1.50 bits per heavy atom. The van der Waals surface area contributed by atoms with Gasteiger partial charge in [-0.05, 0) is 25.0 Å². The third-order valence-corrected chi connectivity index (χ3v) is 4.34. The molecule has 3 atom stereocenters. The van der Waals surface area contributed by atoms with E-state index >= 15 is 0 Å². The summed E-state index contributed by atoms with van der Waals surface area (Å²) in [5.74, 6) is -0.334. The van der Waals surface area contributed by atoms with Gasteiger partial charge in [-0.25, -0.2) is 0 Å². The second-order valence-electron chi connectivity index (χ2n) is 5.89. The molecule has 1 aromatic rings. The third kappa shape index (κ3) is 3.21. The minimum absolute atomic E-state index is 0.0218. The van der Waals surface area contributed by atoms with Crippen molar-refractivity contribution >= 4 is 5.91 Å². The monoisotopic (exact) mass is 307 g/mol. The first-order valence-corrected chi connectivity index (χ1v) is 7.62. The van der Waals surface area contributed by atoms with Crippen LogP contribution >= 0.6 is 0 Å². The SMILES string of the molecule is O=C(N[C@@H]1C[C@H]2CO[C@@H](CCO)CN2C1)c1ccc[nH]c1=O. The maximum Gasteiger partial charge on any atom is 0.260 e. The molecule has 1 aromatic heterocycles. The maximum atomic E-state index is 12.2. The molecule has 3 heterocycles. The molecule has 7 heteroatoms.